The Labute approximate surface area is 115 Å². The van der Waals surface area contributed by atoms with Crippen molar-refractivity contribution < 1.29 is 0 Å². The molecule has 0 amide bonds. The SMILES string of the molecule is CSc1nc(C)cc(=O)n1Cc1ccc(Cl)cc1. The minimum absolute atomic E-state index is 0.0261. The summed E-state index contributed by atoms with van der Waals surface area (Å²) < 4.78 is 1.67. The first-order valence-corrected chi connectivity index (χ1v) is 7.07. The summed E-state index contributed by atoms with van der Waals surface area (Å²) in [7, 11) is 0. The molecule has 0 N–H and O–H groups in total. The Hall–Kier alpha value is -1.26. The molecule has 1 aromatic carbocycles. The number of rotatable bonds is 3. The van der Waals surface area contributed by atoms with Gasteiger partial charge in [-0.15, -0.1) is 0 Å². The summed E-state index contributed by atoms with van der Waals surface area (Å²) in [4.78, 5) is 16.3. The number of hydrogen-bond acceptors (Lipinski definition) is 3. The summed E-state index contributed by atoms with van der Waals surface area (Å²) in [6.45, 7) is 2.34. The van der Waals surface area contributed by atoms with Crippen LogP contribution in [-0.4, -0.2) is 15.8 Å². The second-order valence-electron chi connectivity index (χ2n) is 3.94. The molecule has 0 aliphatic rings. The van der Waals surface area contributed by atoms with Gasteiger partial charge in [0.05, 0.1) is 6.54 Å². The maximum absolute atomic E-state index is 12.0. The predicted molar refractivity (Wildman–Crippen MR) is 75.6 cm³/mol. The Morgan fingerprint density at radius 3 is 2.61 bits per heavy atom. The largest absolute Gasteiger partial charge is 0.283 e. The maximum Gasteiger partial charge on any atom is 0.254 e. The molecule has 1 aromatic heterocycles. The normalized spacial score (nSPS) is 10.6. The summed E-state index contributed by atoms with van der Waals surface area (Å²) in [5.74, 6) is 0. The zero-order valence-electron chi connectivity index (χ0n) is 10.2. The van der Waals surface area contributed by atoms with Crippen LogP contribution >= 0.6 is 23.4 Å². The van der Waals surface area contributed by atoms with E-state index in [0.717, 1.165) is 16.4 Å². The quantitative estimate of drug-likeness (QED) is 0.640. The van der Waals surface area contributed by atoms with Crippen molar-refractivity contribution in [1.82, 2.24) is 9.55 Å². The molecule has 0 fully saturated rings. The van der Waals surface area contributed by atoms with E-state index in [4.69, 9.17) is 11.6 Å². The highest BCUT2D eigenvalue weighted by molar-refractivity contribution is 7.98. The Morgan fingerprint density at radius 2 is 2.00 bits per heavy atom. The zero-order chi connectivity index (χ0) is 13.1. The standard InChI is InChI=1S/C13H13ClN2OS/c1-9-7-12(17)16(13(15-9)18-2)8-10-3-5-11(14)6-4-10/h3-7H,8H2,1-2H3. The second kappa shape index (κ2) is 5.59. The van der Waals surface area contributed by atoms with Crippen LogP contribution in [0.5, 0.6) is 0 Å². The molecule has 0 saturated carbocycles. The van der Waals surface area contributed by atoms with Gasteiger partial charge in [-0.25, -0.2) is 4.98 Å². The third-order valence-electron chi connectivity index (χ3n) is 2.54. The van der Waals surface area contributed by atoms with Gasteiger partial charge in [0.15, 0.2) is 5.16 Å². The van der Waals surface area contributed by atoms with Crippen LogP contribution in [-0.2, 0) is 6.54 Å². The van der Waals surface area contributed by atoms with E-state index >= 15 is 0 Å². The molecule has 0 bridgehead atoms. The molecule has 0 unspecified atom stereocenters. The fraction of sp³-hybridized carbons (Fsp3) is 0.231. The van der Waals surface area contributed by atoms with Gasteiger partial charge in [-0.05, 0) is 30.9 Å². The van der Waals surface area contributed by atoms with Gasteiger partial charge in [-0.1, -0.05) is 35.5 Å². The van der Waals surface area contributed by atoms with E-state index in [1.807, 2.05) is 37.4 Å². The van der Waals surface area contributed by atoms with E-state index in [1.54, 1.807) is 10.6 Å². The number of thioether (sulfide) groups is 1. The number of halogens is 1. The Morgan fingerprint density at radius 1 is 1.33 bits per heavy atom. The lowest BCUT2D eigenvalue weighted by Crippen LogP contribution is -2.23. The average molecular weight is 281 g/mol. The summed E-state index contributed by atoms with van der Waals surface area (Å²) in [5.41, 5.74) is 1.75. The van der Waals surface area contributed by atoms with Crippen LogP contribution in [0.25, 0.3) is 0 Å². The number of aromatic nitrogens is 2. The fourth-order valence-corrected chi connectivity index (χ4v) is 2.40. The summed E-state index contributed by atoms with van der Waals surface area (Å²) in [5, 5.41) is 1.42. The van der Waals surface area contributed by atoms with Gasteiger partial charge < -0.3 is 0 Å². The number of aryl methyl sites for hydroxylation is 1. The molecule has 0 radical (unpaired) electrons. The van der Waals surface area contributed by atoms with Crippen LogP contribution < -0.4 is 5.56 Å². The van der Waals surface area contributed by atoms with E-state index in [1.165, 1.54) is 11.8 Å². The van der Waals surface area contributed by atoms with Gasteiger partial charge in [-0.3, -0.25) is 9.36 Å². The van der Waals surface area contributed by atoms with Crippen molar-refractivity contribution >= 4 is 23.4 Å². The van der Waals surface area contributed by atoms with Gasteiger partial charge in [0.2, 0.25) is 0 Å². The van der Waals surface area contributed by atoms with Gasteiger partial charge in [-0.2, -0.15) is 0 Å². The smallest absolute Gasteiger partial charge is 0.254 e. The zero-order valence-corrected chi connectivity index (χ0v) is 11.8. The van der Waals surface area contributed by atoms with Crippen molar-refractivity contribution in [2.45, 2.75) is 18.6 Å². The highest BCUT2D eigenvalue weighted by Gasteiger charge is 2.06. The summed E-state index contributed by atoms with van der Waals surface area (Å²) in [6.07, 6.45) is 1.92. The maximum atomic E-state index is 12.0. The molecular formula is C13H13ClN2OS. The van der Waals surface area contributed by atoms with E-state index in [9.17, 15) is 4.79 Å². The van der Waals surface area contributed by atoms with Crippen molar-refractivity contribution in [1.29, 1.82) is 0 Å². The van der Waals surface area contributed by atoms with Crippen LogP contribution in [0.2, 0.25) is 5.02 Å². The topological polar surface area (TPSA) is 34.9 Å². The lowest BCUT2D eigenvalue weighted by Gasteiger charge is -2.10. The molecular weight excluding hydrogens is 268 g/mol. The first-order valence-electron chi connectivity index (χ1n) is 5.47. The Kier molecular flexibility index (Phi) is 4.09. The molecule has 0 spiro atoms. The molecule has 0 aliphatic heterocycles. The summed E-state index contributed by atoms with van der Waals surface area (Å²) >= 11 is 7.31. The minimum Gasteiger partial charge on any atom is -0.283 e. The first-order chi connectivity index (χ1) is 8.60. The van der Waals surface area contributed by atoms with Gasteiger partial charge in [0.25, 0.3) is 5.56 Å². The van der Waals surface area contributed by atoms with E-state index in [-0.39, 0.29) is 5.56 Å². The molecule has 0 aliphatic carbocycles. The Bertz CT molecular complexity index is 607. The number of hydrogen-bond donors (Lipinski definition) is 0. The first kappa shape index (κ1) is 13.2. The van der Waals surface area contributed by atoms with Gasteiger partial charge >= 0.3 is 0 Å². The van der Waals surface area contributed by atoms with Gasteiger partial charge in [0, 0.05) is 16.8 Å². The van der Waals surface area contributed by atoms with Crippen LogP contribution in [0.15, 0.2) is 40.3 Å². The van der Waals surface area contributed by atoms with Crippen LogP contribution in [0.1, 0.15) is 11.3 Å². The Balaban J connectivity index is 2.39. The monoisotopic (exact) mass is 280 g/mol. The van der Waals surface area contributed by atoms with Crippen molar-refractivity contribution in [2.24, 2.45) is 0 Å². The summed E-state index contributed by atoms with van der Waals surface area (Å²) in [6, 6.07) is 9.03. The van der Waals surface area contributed by atoms with E-state index in [0.29, 0.717) is 11.6 Å². The van der Waals surface area contributed by atoms with Crippen molar-refractivity contribution in [3.05, 3.63) is 57.0 Å². The van der Waals surface area contributed by atoms with Crippen molar-refractivity contribution in [3.8, 4) is 0 Å². The molecule has 3 nitrogen and oxygen atoms in total. The molecule has 1 heterocycles. The van der Waals surface area contributed by atoms with E-state index in [2.05, 4.69) is 4.98 Å². The van der Waals surface area contributed by atoms with Crippen molar-refractivity contribution in [2.75, 3.05) is 6.26 Å². The van der Waals surface area contributed by atoms with Gasteiger partial charge in [0.1, 0.15) is 0 Å². The minimum atomic E-state index is -0.0261. The van der Waals surface area contributed by atoms with Crippen LogP contribution in [0.4, 0.5) is 0 Å². The average Bonchev–Trinajstić information content (AvgIpc) is 2.34. The second-order valence-corrected chi connectivity index (χ2v) is 5.14. The number of nitrogens with zero attached hydrogens (tertiary/aromatic N) is 2. The lowest BCUT2D eigenvalue weighted by atomic mass is 10.2. The fourth-order valence-electron chi connectivity index (χ4n) is 1.67. The van der Waals surface area contributed by atoms with Crippen molar-refractivity contribution in [3.63, 3.8) is 0 Å². The highest BCUT2D eigenvalue weighted by Crippen LogP contribution is 2.14. The predicted octanol–water partition coefficient (Wildman–Crippen LogP) is 2.98. The molecule has 2 rings (SSSR count). The van der Waals surface area contributed by atoms with E-state index < -0.39 is 0 Å². The molecule has 94 valence electrons. The number of benzene rings is 1. The third kappa shape index (κ3) is 2.94. The molecule has 0 saturated heterocycles. The third-order valence-corrected chi connectivity index (χ3v) is 3.47. The lowest BCUT2D eigenvalue weighted by molar-refractivity contribution is 0.639. The van der Waals surface area contributed by atoms with Crippen LogP contribution in [0, 0.1) is 6.92 Å². The molecule has 5 heteroatoms. The van der Waals surface area contributed by atoms with Crippen LogP contribution in [0.3, 0.4) is 0 Å². The molecule has 0 atom stereocenters. The molecule has 18 heavy (non-hydrogen) atoms. The molecule has 2 aromatic rings. The highest BCUT2D eigenvalue weighted by atomic mass is 35.5.